The van der Waals surface area contributed by atoms with Crippen LogP contribution in [-0.2, 0) is 14.4 Å². The molecule has 0 aromatic carbocycles. The Morgan fingerprint density at radius 3 is 2.50 bits per heavy atom. The molecule has 0 unspecified atom stereocenters. The zero-order valence-electron chi connectivity index (χ0n) is 12.4. The summed E-state index contributed by atoms with van der Waals surface area (Å²) in [4.78, 5) is 37.5. The Morgan fingerprint density at radius 2 is 2.00 bits per heavy atom. The first kappa shape index (κ1) is 16.8. The van der Waals surface area contributed by atoms with E-state index in [1.165, 1.54) is 0 Å². The van der Waals surface area contributed by atoms with Crippen molar-refractivity contribution in [2.75, 3.05) is 18.7 Å². The van der Waals surface area contributed by atoms with Gasteiger partial charge in [-0.25, -0.2) is 0 Å². The number of rotatable bonds is 5. The van der Waals surface area contributed by atoms with E-state index in [4.69, 9.17) is 0 Å². The number of carbonyl (C=O) groups is 3. The van der Waals surface area contributed by atoms with E-state index in [-0.39, 0.29) is 23.6 Å². The number of likely N-dealkylation sites (N-methyl/N-ethyl adjacent to an activating group) is 1. The lowest BCUT2D eigenvalue weighted by atomic mass is 10.0. The molecule has 3 amide bonds. The minimum atomic E-state index is -0.573. The fourth-order valence-corrected chi connectivity index (χ4v) is 3.23. The van der Waals surface area contributed by atoms with Gasteiger partial charge in [0.1, 0.15) is 12.1 Å². The van der Waals surface area contributed by atoms with Crippen molar-refractivity contribution < 1.29 is 14.4 Å². The van der Waals surface area contributed by atoms with Gasteiger partial charge in [0.05, 0.1) is 5.88 Å². The molecule has 1 saturated heterocycles. The first-order valence-electron chi connectivity index (χ1n) is 6.81. The SMILES string of the molecule is CCC(=O)N1CSC[C@@H]1C(=O)N[C@@H](C(=O)NC)C(C)C. The third kappa shape index (κ3) is 3.88. The molecule has 2 N–H and O–H groups in total. The van der Waals surface area contributed by atoms with E-state index in [1.807, 2.05) is 13.8 Å². The standard InChI is InChI=1S/C13H23N3O3S/c1-5-10(17)16-7-20-6-9(16)12(18)15-11(8(2)3)13(19)14-4/h8-9,11H,5-7H2,1-4H3,(H,14,19)(H,15,18)/t9-,11-/m1/s1. The molecule has 0 aromatic heterocycles. The maximum atomic E-state index is 12.3. The first-order chi connectivity index (χ1) is 9.42. The van der Waals surface area contributed by atoms with Crippen molar-refractivity contribution in [3.8, 4) is 0 Å². The van der Waals surface area contributed by atoms with E-state index in [2.05, 4.69) is 10.6 Å². The fourth-order valence-electron chi connectivity index (χ4n) is 2.05. The summed E-state index contributed by atoms with van der Waals surface area (Å²) in [5.74, 6) is 0.610. The summed E-state index contributed by atoms with van der Waals surface area (Å²) in [5.41, 5.74) is 0. The molecule has 1 fully saturated rings. The van der Waals surface area contributed by atoms with Crippen LogP contribution in [0.1, 0.15) is 27.2 Å². The van der Waals surface area contributed by atoms with Crippen LogP contribution in [0, 0.1) is 5.92 Å². The second kappa shape index (κ2) is 7.52. The molecule has 1 rings (SSSR count). The molecule has 20 heavy (non-hydrogen) atoms. The maximum absolute atomic E-state index is 12.3. The predicted molar refractivity (Wildman–Crippen MR) is 79.1 cm³/mol. The van der Waals surface area contributed by atoms with Gasteiger partial charge in [0.15, 0.2) is 0 Å². The number of hydrogen-bond acceptors (Lipinski definition) is 4. The van der Waals surface area contributed by atoms with E-state index >= 15 is 0 Å². The third-order valence-corrected chi connectivity index (χ3v) is 4.31. The number of thioether (sulfide) groups is 1. The number of nitrogens with zero attached hydrogens (tertiary/aromatic N) is 1. The normalized spacial score (nSPS) is 19.9. The molecular weight excluding hydrogens is 278 g/mol. The van der Waals surface area contributed by atoms with Crippen LogP contribution in [-0.4, -0.2) is 53.4 Å². The van der Waals surface area contributed by atoms with E-state index in [0.29, 0.717) is 18.1 Å². The predicted octanol–water partition coefficient (Wildman–Crippen LogP) is 0.185. The summed E-state index contributed by atoms with van der Waals surface area (Å²) in [5, 5.41) is 5.31. The van der Waals surface area contributed by atoms with E-state index in [9.17, 15) is 14.4 Å². The van der Waals surface area contributed by atoms with Crippen LogP contribution in [0.25, 0.3) is 0 Å². The van der Waals surface area contributed by atoms with Crippen LogP contribution in [0.4, 0.5) is 0 Å². The van der Waals surface area contributed by atoms with Crippen LogP contribution >= 0.6 is 11.8 Å². The summed E-state index contributed by atoms with van der Waals surface area (Å²) >= 11 is 1.56. The largest absolute Gasteiger partial charge is 0.357 e. The monoisotopic (exact) mass is 301 g/mol. The van der Waals surface area contributed by atoms with Crippen molar-refractivity contribution in [3.63, 3.8) is 0 Å². The molecule has 0 saturated carbocycles. The zero-order chi connectivity index (χ0) is 15.3. The highest BCUT2D eigenvalue weighted by molar-refractivity contribution is 7.99. The average Bonchev–Trinajstić information content (AvgIpc) is 2.91. The Balaban J connectivity index is 2.73. The van der Waals surface area contributed by atoms with Gasteiger partial charge in [0.2, 0.25) is 17.7 Å². The van der Waals surface area contributed by atoms with Crippen molar-refractivity contribution >= 4 is 29.5 Å². The van der Waals surface area contributed by atoms with Crippen LogP contribution in [0.5, 0.6) is 0 Å². The molecule has 1 aliphatic heterocycles. The van der Waals surface area contributed by atoms with Gasteiger partial charge in [-0.3, -0.25) is 14.4 Å². The molecule has 0 radical (unpaired) electrons. The molecule has 114 valence electrons. The summed E-state index contributed by atoms with van der Waals surface area (Å²) in [7, 11) is 1.54. The van der Waals surface area contributed by atoms with Gasteiger partial charge in [0, 0.05) is 19.2 Å². The van der Waals surface area contributed by atoms with Crippen LogP contribution in [0.15, 0.2) is 0 Å². The van der Waals surface area contributed by atoms with Crippen molar-refractivity contribution in [3.05, 3.63) is 0 Å². The van der Waals surface area contributed by atoms with Crippen molar-refractivity contribution in [2.45, 2.75) is 39.3 Å². The molecule has 7 heteroatoms. The number of amides is 3. The molecule has 1 heterocycles. The summed E-state index contributed by atoms with van der Waals surface area (Å²) in [6, 6.07) is -1.05. The molecule has 6 nitrogen and oxygen atoms in total. The van der Waals surface area contributed by atoms with Gasteiger partial charge in [-0.05, 0) is 5.92 Å². The van der Waals surface area contributed by atoms with Crippen LogP contribution in [0.3, 0.4) is 0 Å². The van der Waals surface area contributed by atoms with Crippen molar-refractivity contribution in [1.82, 2.24) is 15.5 Å². The van der Waals surface area contributed by atoms with Gasteiger partial charge >= 0.3 is 0 Å². The van der Waals surface area contributed by atoms with E-state index < -0.39 is 12.1 Å². The first-order valence-corrected chi connectivity index (χ1v) is 7.97. The average molecular weight is 301 g/mol. The fraction of sp³-hybridized carbons (Fsp3) is 0.769. The Morgan fingerprint density at radius 1 is 1.35 bits per heavy atom. The maximum Gasteiger partial charge on any atom is 0.244 e. The van der Waals surface area contributed by atoms with E-state index in [1.54, 1.807) is 30.6 Å². The van der Waals surface area contributed by atoms with Gasteiger partial charge in [-0.2, -0.15) is 0 Å². The Labute approximate surface area is 124 Å². The highest BCUT2D eigenvalue weighted by Gasteiger charge is 2.36. The molecule has 0 spiro atoms. The second-order valence-electron chi connectivity index (χ2n) is 5.08. The topological polar surface area (TPSA) is 78.5 Å². The Bertz CT molecular complexity index is 387. The molecule has 0 aliphatic carbocycles. The lowest BCUT2D eigenvalue weighted by Gasteiger charge is -2.26. The Kier molecular flexibility index (Phi) is 6.32. The highest BCUT2D eigenvalue weighted by atomic mass is 32.2. The van der Waals surface area contributed by atoms with Gasteiger partial charge < -0.3 is 15.5 Å². The van der Waals surface area contributed by atoms with Crippen LogP contribution in [0.2, 0.25) is 0 Å². The summed E-state index contributed by atoms with van der Waals surface area (Å²) < 4.78 is 0. The van der Waals surface area contributed by atoms with Crippen LogP contribution < -0.4 is 10.6 Å². The van der Waals surface area contributed by atoms with Crippen molar-refractivity contribution in [2.24, 2.45) is 5.92 Å². The lowest BCUT2D eigenvalue weighted by molar-refractivity contribution is -0.139. The highest BCUT2D eigenvalue weighted by Crippen LogP contribution is 2.22. The second-order valence-corrected chi connectivity index (χ2v) is 6.08. The molecule has 0 bridgehead atoms. The Hall–Kier alpha value is -1.24. The zero-order valence-corrected chi connectivity index (χ0v) is 13.3. The minimum Gasteiger partial charge on any atom is -0.357 e. The van der Waals surface area contributed by atoms with E-state index in [0.717, 1.165) is 0 Å². The smallest absolute Gasteiger partial charge is 0.244 e. The summed E-state index contributed by atoms with van der Waals surface area (Å²) in [6.45, 7) is 5.53. The minimum absolute atomic E-state index is 0.0108. The number of hydrogen-bond donors (Lipinski definition) is 2. The molecule has 2 atom stereocenters. The quantitative estimate of drug-likeness (QED) is 0.759. The number of nitrogens with one attached hydrogen (secondary N) is 2. The lowest BCUT2D eigenvalue weighted by Crippen LogP contribution is -2.55. The molecule has 0 aromatic rings. The number of carbonyl (C=O) groups excluding carboxylic acids is 3. The van der Waals surface area contributed by atoms with Gasteiger partial charge in [0.25, 0.3) is 0 Å². The third-order valence-electron chi connectivity index (χ3n) is 3.30. The summed E-state index contributed by atoms with van der Waals surface area (Å²) in [6.07, 6.45) is 0.382. The van der Waals surface area contributed by atoms with Crippen molar-refractivity contribution in [1.29, 1.82) is 0 Å². The molecular formula is C13H23N3O3S. The molecule has 1 aliphatic rings. The van der Waals surface area contributed by atoms with Gasteiger partial charge in [-0.1, -0.05) is 20.8 Å². The van der Waals surface area contributed by atoms with Gasteiger partial charge in [-0.15, -0.1) is 11.8 Å².